The van der Waals surface area contributed by atoms with Crippen molar-refractivity contribution in [3.05, 3.63) is 0 Å². The molecule has 0 aromatic rings. The summed E-state index contributed by atoms with van der Waals surface area (Å²) in [5, 5.41) is 0. The molecule has 0 radical (unpaired) electrons. The number of likely N-dealkylation sites (tertiary alicyclic amines) is 1. The SMILES string of the molecule is CC[NH+]1CCC[C@@H](N=C2CC(=O)OC23CCCCC3)C1. The van der Waals surface area contributed by atoms with E-state index in [2.05, 4.69) is 6.92 Å². The average Bonchev–Trinajstić information content (AvgIpc) is 2.75. The molecule has 0 aromatic heterocycles. The Morgan fingerprint density at radius 3 is 2.85 bits per heavy atom. The van der Waals surface area contributed by atoms with Crippen LogP contribution in [0, 0.1) is 0 Å². The van der Waals surface area contributed by atoms with E-state index in [1.165, 1.54) is 45.2 Å². The van der Waals surface area contributed by atoms with E-state index in [9.17, 15) is 4.79 Å². The molecule has 3 aliphatic rings. The van der Waals surface area contributed by atoms with Crippen LogP contribution in [-0.4, -0.2) is 43.0 Å². The molecule has 0 aromatic carbocycles. The van der Waals surface area contributed by atoms with Gasteiger partial charge in [0.15, 0.2) is 5.60 Å². The third-order valence-electron chi connectivity index (χ3n) is 5.24. The number of hydrogen-bond acceptors (Lipinski definition) is 3. The normalized spacial score (nSPS) is 35.5. The predicted octanol–water partition coefficient (Wildman–Crippen LogP) is 1.14. The van der Waals surface area contributed by atoms with Crippen molar-refractivity contribution in [2.75, 3.05) is 19.6 Å². The Morgan fingerprint density at radius 1 is 1.30 bits per heavy atom. The van der Waals surface area contributed by atoms with Crippen LogP contribution in [0.4, 0.5) is 0 Å². The van der Waals surface area contributed by atoms with Crippen LogP contribution in [0.1, 0.15) is 58.3 Å². The van der Waals surface area contributed by atoms with Gasteiger partial charge in [-0.15, -0.1) is 0 Å². The summed E-state index contributed by atoms with van der Waals surface area (Å²) >= 11 is 0. The van der Waals surface area contributed by atoms with Crippen LogP contribution in [0.5, 0.6) is 0 Å². The van der Waals surface area contributed by atoms with Gasteiger partial charge in [-0.3, -0.25) is 9.79 Å². The van der Waals surface area contributed by atoms with Gasteiger partial charge in [-0.05, 0) is 45.4 Å². The lowest BCUT2D eigenvalue weighted by Gasteiger charge is -2.33. The minimum atomic E-state index is -0.306. The Labute approximate surface area is 121 Å². The maximum atomic E-state index is 11.8. The number of aliphatic imine (C=N–C) groups is 1. The topological polar surface area (TPSA) is 43.1 Å². The highest BCUT2D eigenvalue weighted by Gasteiger charge is 2.47. The van der Waals surface area contributed by atoms with Crippen molar-refractivity contribution in [2.24, 2.45) is 4.99 Å². The molecule has 1 aliphatic carbocycles. The van der Waals surface area contributed by atoms with Crippen molar-refractivity contribution >= 4 is 11.7 Å². The van der Waals surface area contributed by atoms with E-state index in [1.807, 2.05) is 0 Å². The first-order chi connectivity index (χ1) is 9.72. The van der Waals surface area contributed by atoms with Gasteiger partial charge < -0.3 is 9.64 Å². The first-order valence-electron chi connectivity index (χ1n) is 8.34. The summed E-state index contributed by atoms with van der Waals surface area (Å²) in [5.74, 6) is -0.0545. The molecule has 2 heterocycles. The Bertz CT molecular complexity index is 399. The lowest BCUT2D eigenvalue weighted by atomic mass is 9.81. The summed E-state index contributed by atoms with van der Waals surface area (Å²) in [6.07, 6.45) is 8.47. The molecule has 1 saturated carbocycles. The first kappa shape index (κ1) is 14.1. The molecule has 0 bridgehead atoms. The molecule has 2 atom stereocenters. The largest absolute Gasteiger partial charge is 0.453 e. The number of hydrogen-bond donors (Lipinski definition) is 1. The number of carbonyl (C=O) groups is 1. The van der Waals surface area contributed by atoms with E-state index in [1.54, 1.807) is 4.90 Å². The van der Waals surface area contributed by atoms with Gasteiger partial charge in [0.1, 0.15) is 0 Å². The molecule has 112 valence electrons. The molecule has 1 N–H and O–H groups in total. The first-order valence-corrected chi connectivity index (χ1v) is 8.34. The minimum Gasteiger partial charge on any atom is -0.453 e. The van der Waals surface area contributed by atoms with Gasteiger partial charge in [0.05, 0.1) is 37.8 Å². The number of ether oxygens (including phenoxy) is 1. The molecule has 2 aliphatic heterocycles. The van der Waals surface area contributed by atoms with Gasteiger partial charge in [0.25, 0.3) is 0 Å². The van der Waals surface area contributed by atoms with Crippen LogP contribution < -0.4 is 4.90 Å². The number of nitrogens with one attached hydrogen (secondary N) is 1. The fraction of sp³-hybridized carbons (Fsp3) is 0.875. The van der Waals surface area contributed by atoms with Gasteiger partial charge in [0, 0.05) is 0 Å². The maximum absolute atomic E-state index is 11.8. The molecule has 4 heteroatoms. The van der Waals surface area contributed by atoms with E-state index in [4.69, 9.17) is 9.73 Å². The van der Waals surface area contributed by atoms with Crippen molar-refractivity contribution < 1.29 is 14.4 Å². The zero-order valence-electron chi connectivity index (χ0n) is 12.6. The number of likely N-dealkylation sites (N-methyl/N-ethyl adjacent to an activating group) is 1. The van der Waals surface area contributed by atoms with Gasteiger partial charge in [-0.25, -0.2) is 0 Å². The summed E-state index contributed by atoms with van der Waals surface area (Å²) in [4.78, 5) is 18.4. The van der Waals surface area contributed by atoms with Crippen molar-refractivity contribution in [3.8, 4) is 0 Å². The monoisotopic (exact) mass is 279 g/mol. The van der Waals surface area contributed by atoms with Crippen LogP contribution >= 0.6 is 0 Å². The Hall–Kier alpha value is -0.900. The lowest BCUT2D eigenvalue weighted by molar-refractivity contribution is -0.903. The van der Waals surface area contributed by atoms with Crippen LogP contribution in [0.25, 0.3) is 0 Å². The van der Waals surface area contributed by atoms with Gasteiger partial charge in [-0.2, -0.15) is 0 Å². The highest BCUT2D eigenvalue weighted by Crippen LogP contribution is 2.38. The zero-order valence-corrected chi connectivity index (χ0v) is 12.6. The van der Waals surface area contributed by atoms with E-state index in [0.717, 1.165) is 25.1 Å². The number of piperidine rings is 1. The predicted molar refractivity (Wildman–Crippen MR) is 78.2 cm³/mol. The molecule has 2 saturated heterocycles. The quantitative estimate of drug-likeness (QED) is 0.771. The van der Waals surface area contributed by atoms with E-state index < -0.39 is 0 Å². The Morgan fingerprint density at radius 2 is 2.10 bits per heavy atom. The second kappa shape index (κ2) is 5.84. The number of esters is 1. The van der Waals surface area contributed by atoms with Crippen molar-refractivity contribution in [1.82, 2.24) is 0 Å². The Kier molecular flexibility index (Phi) is 4.11. The molecule has 20 heavy (non-hydrogen) atoms. The second-order valence-electron chi connectivity index (χ2n) is 6.64. The van der Waals surface area contributed by atoms with Gasteiger partial charge >= 0.3 is 5.97 Å². The molecule has 0 amide bonds. The van der Waals surface area contributed by atoms with Gasteiger partial charge in [-0.1, -0.05) is 6.42 Å². The molecule has 4 nitrogen and oxygen atoms in total. The zero-order chi connectivity index (χ0) is 14.0. The van der Waals surface area contributed by atoms with Crippen LogP contribution in [0.3, 0.4) is 0 Å². The van der Waals surface area contributed by atoms with Crippen molar-refractivity contribution in [2.45, 2.75) is 69.9 Å². The fourth-order valence-corrected chi connectivity index (χ4v) is 4.06. The number of rotatable bonds is 2. The summed E-state index contributed by atoms with van der Waals surface area (Å²) < 4.78 is 5.72. The maximum Gasteiger partial charge on any atom is 0.312 e. The Balaban J connectivity index is 1.76. The smallest absolute Gasteiger partial charge is 0.312 e. The second-order valence-corrected chi connectivity index (χ2v) is 6.64. The summed E-state index contributed by atoms with van der Waals surface area (Å²) in [7, 11) is 0. The number of quaternary nitrogens is 1. The highest BCUT2D eigenvalue weighted by atomic mass is 16.6. The van der Waals surface area contributed by atoms with Crippen LogP contribution in [0.2, 0.25) is 0 Å². The molecule has 1 spiro atoms. The third kappa shape index (κ3) is 2.76. The number of nitrogens with zero attached hydrogens (tertiary/aromatic N) is 1. The number of carbonyl (C=O) groups excluding carboxylic acids is 1. The molecule has 1 unspecified atom stereocenters. The van der Waals surface area contributed by atoms with E-state index >= 15 is 0 Å². The third-order valence-corrected chi connectivity index (χ3v) is 5.24. The minimum absolute atomic E-state index is 0.0545. The average molecular weight is 279 g/mol. The summed E-state index contributed by atoms with van der Waals surface area (Å²) in [6.45, 7) is 5.83. The fourth-order valence-electron chi connectivity index (χ4n) is 4.06. The molecule has 3 fully saturated rings. The van der Waals surface area contributed by atoms with Crippen molar-refractivity contribution in [3.63, 3.8) is 0 Å². The highest BCUT2D eigenvalue weighted by molar-refractivity contribution is 6.09. The van der Waals surface area contributed by atoms with Crippen LogP contribution in [0.15, 0.2) is 4.99 Å². The standard InChI is InChI=1S/C16H26N2O2/c1-2-18-10-6-7-13(12-18)17-14-11-15(19)20-16(14)8-4-3-5-9-16/h13H,2-12H2,1H3/p+1/t13-/m1/s1. The van der Waals surface area contributed by atoms with Crippen LogP contribution in [-0.2, 0) is 9.53 Å². The van der Waals surface area contributed by atoms with Gasteiger partial charge in [0.2, 0.25) is 0 Å². The van der Waals surface area contributed by atoms with E-state index in [0.29, 0.717) is 12.5 Å². The molecular formula is C16H27N2O2+. The van der Waals surface area contributed by atoms with Crippen molar-refractivity contribution in [1.29, 1.82) is 0 Å². The molecule has 3 rings (SSSR count). The molecular weight excluding hydrogens is 252 g/mol. The summed E-state index contributed by atoms with van der Waals surface area (Å²) in [5.41, 5.74) is 0.767. The van der Waals surface area contributed by atoms with E-state index in [-0.39, 0.29) is 11.6 Å². The summed E-state index contributed by atoms with van der Waals surface area (Å²) in [6, 6.07) is 0.405. The lowest BCUT2D eigenvalue weighted by Crippen LogP contribution is -3.13.